The van der Waals surface area contributed by atoms with Crippen LogP contribution in [0, 0.1) is 0 Å². The van der Waals surface area contributed by atoms with Crippen LogP contribution in [-0.2, 0) is 4.79 Å². The average molecular weight is 455 g/mol. The lowest BCUT2D eigenvalue weighted by molar-refractivity contribution is -0.131. The number of carbonyl (C=O) groups is 2. The number of benzene rings is 2. The summed E-state index contributed by atoms with van der Waals surface area (Å²) in [4.78, 5) is 28.4. The van der Waals surface area contributed by atoms with E-state index in [1.807, 2.05) is 43.0 Å². The van der Waals surface area contributed by atoms with Crippen LogP contribution in [0.1, 0.15) is 37.0 Å². The molecule has 2 amide bonds. The Labute approximate surface area is 194 Å². The fourth-order valence-electron chi connectivity index (χ4n) is 3.45. The van der Waals surface area contributed by atoms with Crippen LogP contribution in [0.3, 0.4) is 0 Å². The van der Waals surface area contributed by atoms with E-state index in [2.05, 4.69) is 15.5 Å². The van der Waals surface area contributed by atoms with Gasteiger partial charge >= 0.3 is 0 Å². The zero-order chi connectivity index (χ0) is 22.9. The maximum Gasteiger partial charge on any atom is 0.257 e. The van der Waals surface area contributed by atoms with E-state index in [0.29, 0.717) is 18.6 Å². The molecule has 3 rings (SSSR count). The van der Waals surface area contributed by atoms with Crippen LogP contribution in [-0.4, -0.2) is 54.6 Å². The summed E-state index contributed by atoms with van der Waals surface area (Å²) in [5.74, 6) is 0.670. The summed E-state index contributed by atoms with van der Waals surface area (Å²) >= 11 is 5.29. The number of thiocarbonyl (C=S) groups is 1. The lowest BCUT2D eigenvalue weighted by Crippen LogP contribution is -2.48. The molecule has 0 atom stereocenters. The molecule has 2 N–H and O–H groups in total. The molecule has 170 valence electrons. The number of anilines is 2. The number of amides is 2. The second-order valence-electron chi connectivity index (χ2n) is 7.55. The third kappa shape index (κ3) is 6.43. The van der Waals surface area contributed by atoms with Gasteiger partial charge in [0, 0.05) is 49.5 Å². The number of piperazine rings is 1. The molecule has 2 aromatic carbocycles. The Morgan fingerprint density at radius 2 is 1.62 bits per heavy atom. The summed E-state index contributed by atoms with van der Waals surface area (Å²) in [6.45, 7) is 7.70. The van der Waals surface area contributed by atoms with Crippen molar-refractivity contribution < 1.29 is 14.3 Å². The van der Waals surface area contributed by atoms with Crippen molar-refractivity contribution in [3.05, 3.63) is 54.1 Å². The van der Waals surface area contributed by atoms with E-state index in [4.69, 9.17) is 17.0 Å². The van der Waals surface area contributed by atoms with Crippen LogP contribution in [0.2, 0.25) is 0 Å². The van der Waals surface area contributed by atoms with E-state index >= 15 is 0 Å². The number of hydrogen-bond acceptors (Lipinski definition) is 5. The van der Waals surface area contributed by atoms with Crippen LogP contribution in [0.25, 0.3) is 0 Å². The maximum atomic E-state index is 12.4. The van der Waals surface area contributed by atoms with E-state index in [0.717, 1.165) is 49.7 Å². The molecule has 0 aliphatic carbocycles. The molecule has 7 nitrogen and oxygen atoms in total. The molecule has 1 saturated heterocycles. The molecular weight excluding hydrogens is 424 g/mol. The molecule has 0 radical (unpaired) electrons. The fraction of sp³-hybridized carbons (Fsp3) is 0.375. The van der Waals surface area contributed by atoms with Crippen LogP contribution in [0.5, 0.6) is 5.75 Å². The van der Waals surface area contributed by atoms with Crippen LogP contribution >= 0.6 is 12.2 Å². The summed E-state index contributed by atoms with van der Waals surface area (Å²) < 4.78 is 5.53. The molecular formula is C24H30N4O3S. The first-order valence-corrected chi connectivity index (χ1v) is 11.4. The van der Waals surface area contributed by atoms with Crippen LogP contribution in [0.15, 0.2) is 48.5 Å². The minimum Gasteiger partial charge on any atom is -0.494 e. The van der Waals surface area contributed by atoms with Gasteiger partial charge in [-0.2, -0.15) is 0 Å². The van der Waals surface area contributed by atoms with E-state index in [1.54, 1.807) is 24.3 Å². The normalized spacial score (nSPS) is 13.4. The van der Waals surface area contributed by atoms with Gasteiger partial charge in [0.1, 0.15) is 5.75 Å². The Kier molecular flexibility index (Phi) is 8.44. The molecule has 1 heterocycles. The lowest BCUT2D eigenvalue weighted by Gasteiger charge is -2.36. The zero-order valence-corrected chi connectivity index (χ0v) is 19.4. The van der Waals surface area contributed by atoms with Crippen molar-refractivity contribution >= 4 is 40.5 Å². The molecule has 32 heavy (non-hydrogen) atoms. The first kappa shape index (κ1) is 23.5. The topological polar surface area (TPSA) is 73.9 Å². The van der Waals surface area contributed by atoms with Gasteiger partial charge < -0.3 is 19.9 Å². The summed E-state index contributed by atoms with van der Waals surface area (Å²) in [6, 6.07) is 14.9. The molecule has 1 fully saturated rings. The van der Waals surface area contributed by atoms with Gasteiger partial charge in [-0.25, -0.2) is 0 Å². The monoisotopic (exact) mass is 454 g/mol. The average Bonchev–Trinajstić information content (AvgIpc) is 2.83. The highest BCUT2D eigenvalue weighted by Crippen LogP contribution is 2.20. The smallest absolute Gasteiger partial charge is 0.257 e. The van der Waals surface area contributed by atoms with Crippen molar-refractivity contribution in [2.24, 2.45) is 0 Å². The zero-order valence-electron chi connectivity index (χ0n) is 18.6. The van der Waals surface area contributed by atoms with Gasteiger partial charge in [0.15, 0.2) is 5.11 Å². The number of carbonyl (C=O) groups excluding carboxylic acids is 2. The number of nitrogens with zero attached hydrogens (tertiary/aromatic N) is 2. The standard InChI is InChI=1S/C24H30N4O3S/c1-3-17-31-21-11-5-18(6-12-21)23(30)26-24(32)25-19-7-9-20(10-8-19)27-13-15-28(16-14-27)22(29)4-2/h5-12H,3-4,13-17H2,1-2H3,(H2,25,26,30,32). The predicted molar refractivity (Wildman–Crippen MR) is 131 cm³/mol. The van der Waals surface area contributed by atoms with E-state index in [9.17, 15) is 9.59 Å². The molecule has 1 aliphatic heterocycles. The van der Waals surface area contributed by atoms with E-state index in [-0.39, 0.29) is 16.9 Å². The Morgan fingerprint density at radius 1 is 0.969 bits per heavy atom. The van der Waals surface area contributed by atoms with Crippen molar-refractivity contribution in [2.75, 3.05) is 43.0 Å². The Bertz CT molecular complexity index is 923. The Morgan fingerprint density at radius 3 is 2.22 bits per heavy atom. The minimum absolute atomic E-state index is 0.209. The second kappa shape index (κ2) is 11.5. The van der Waals surface area contributed by atoms with Crippen LogP contribution in [0.4, 0.5) is 11.4 Å². The van der Waals surface area contributed by atoms with E-state index < -0.39 is 0 Å². The van der Waals surface area contributed by atoms with Crippen molar-refractivity contribution in [1.29, 1.82) is 0 Å². The summed E-state index contributed by atoms with van der Waals surface area (Å²) in [5, 5.41) is 5.98. The summed E-state index contributed by atoms with van der Waals surface area (Å²) in [6.07, 6.45) is 1.48. The molecule has 0 bridgehead atoms. The van der Waals surface area contributed by atoms with Gasteiger partial charge in [-0.3, -0.25) is 14.9 Å². The second-order valence-corrected chi connectivity index (χ2v) is 7.96. The van der Waals surface area contributed by atoms with Crippen molar-refractivity contribution in [2.45, 2.75) is 26.7 Å². The third-order valence-electron chi connectivity index (χ3n) is 5.24. The number of nitrogens with one attached hydrogen (secondary N) is 2. The largest absolute Gasteiger partial charge is 0.494 e. The Balaban J connectivity index is 1.48. The first-order valence-electron chi connectivity index (χ1n) is 11.0. The quantitative estimate of drug-likeness (QED) is 0.622. The van der Waals surface area contributed by atoms with Crippen LogP contribution < -0.4 is 20.3 Å². The minimum atomic E-state index is -0.277. The van der Waals surface area contributed by atoms with Gasteiger partial charge in [0.05, 0.1) is 6.61 Å². The van der Waals surface area contributed by atoms with Gasteiger partial charge in [-0.15, -0.1) is 0 Å². The van der Waals surface area contributed by atoms with Gasteiger partial charge in [0.25, 0.3) is 5.91 Å². The highest BCUT2D eigenvalue weighted by atomic mass is 32.1. The third-order valence-corrected chi connectivity index (χ3v) is 5.45. The molecule has 1 aliphatic rings. The number of hydrogen-bond donors (Lipinski definition) is 2. The molecule has 8 heteroatoms. The first-order chi connectivity index (χ1) is 15.5. The molecule has 0 unspecified atom stereocenters. The SMILES string of the molecule is CCCOc1ccc(C(=O)NC(=S)Nc2ccc(N3CCN(C(=O)CC)CC3)cc2)cc1. The molecule has 0 aromatic heterocycles. The van der Waals surface area contributed by atoms with Crippen molar-refractivity contribution in [1.82, 2.24) is 10.2 Å². The number of rotatable bonds is 7. The van der Waals surface area contributed by atoms with Gasteiger partial charge in [-0.1, -0.05) is 13.8 Å². The summed E-state index contributed by atoms with van der Waals surface area (Å²) in [7, 11) is 0. The Hall–Kier alpha value is -3.13. The summed E-state index contributed by atoms with van der Waals surface area (Å²) in [5.41, 5.74) is 2.40. The predicted octanol–water partition coefficient (Wildman–Crippen LogP) is 3.66. The fourth-order valence-corrected chi connectivity index (χ4v) is 3.66. The molecule has 0 saturated carbocycles. The highest BCUT2D eigenvalue weighted by molar-refractivity contribution is 7.80. The maximum absolute atomic E-state index is 12.4. The van der Waals surface area contributed by atoms with Crippen molar-refractivity contribution in [3.8, 4) is 5.75 Å². The van der Waals surface area contributed by atoms with Gasteiger partial charge in [-0.05, 0) is 67.2 Å². The van der Waals surface area contributed by atoms with Gasteiger partial charge in [0.2, 0.25) is 5.91 Å². The molecule has 2 aromatic rings. The highest BCUT2D eigenvalue weighted by Gasteiger charge is 2.20. The number of ether oxygens (including phenoxy) is 1. The molecule has 0 spiro atoms. The lowest BCUT2D eigenvalue weighted by atomic mass is 10.2. The van der Waals surface area contributed by atoms with E-state index in [1.165, 1.54) is 0 Å². The van der Waals surface area contributed by atoms with Crippen molar-refractivity contribution in [3.63, 3.8) is 0 Å².